The second-order valence-electron chi connectivity index (χ2n) is 15.6. The number of amides is 6. The lowest BCUT2D eigenvalue weighted by Crippen LogP contribution is -2.59. The molecule has 6 unspecified atom stereocenters. The van der Waals surface area contributed by atoms with E-state index in [-0.39, 0.29) is 43.7 Å². The molecule has 1 aromatic heterocycles. The fraction of sp³-hybridized carbons (Fsp3) is 0.452. The van der Waals surface area contributed by atoms with Gasteiger partial charge in [0.05, 0.1) is 30.3 Å². The van der Waals surface area contributed by atoms with Crippen LogP contribution in [0.5, 0.6) is 0 Å². The number of ether oxygens (including phenoxy) is 1. The van der Waals surface area contributed by atoms with Crippen molar-refractivity contribution in [3.63, 3.8) is 0 Å². The van der Waals surface area contributed by atoms with Crippen LogP contribution in [-0.4, -0.2) is 114 Å². The fourth-order valence-electron chi connectivity index (χ4n) is 6.64. The number of hydrogen-bond acceptors (Lipinski definition) is 12. The highest BCUT2D eigenvalue weighted by molar-refractivity contribution is 7.90. The molecule has 1 fully saturated rings. The topological polar surface area (TPSA) is 252 Å². The number of carbonyl (C=O) groups is 7. The Labute approximate surface area is 372 Å². The Morgan fingerprint density at radius 3 is 2.22 bits per heavy atom. The van der Waals surface area contributed by atoms with Gasteiger partial charge in [-0.25, -0.2) is 35.7 Å². The molecule has 1 saturated heterocycles. The number of likely N-dealkylation sites (tertiary alicyclic amines) is 1. The molecule has 65 heavy (non-hydrogen) atoms. The maximum Gasteiger partial charge on any atom is 0.290 e. The summed E-state index contributed by atoms with van der Waals surface area (Å²) in [5, 5.41) is 9.26. The predicted octanol–water partition coefficient (Wildman–Crippen LogP) is 1.95. The van der Waals surface area contributed by atoms with Gasteiger partial charge in [0.25, 0.3) is 27.7 Å². The first-order valence-electron chi connectivity index (χ1n) is 20.4. The van der Waals surface area contributed by atoms with Crippen LogP contribution in [0.3, 0.4) is 0 Å². The molecule has 5 N–H and O–H groups in total. The van der Waals surface area contributed by atoms with Gasteiger partial charge in [-0.15, -0.1) is 0 Å². The van der Waals surface area contributed by atoms with E-state index in [1.807, 2.05) is 13.8 Å². The number of ketones is 1. The molecule has 0 aliphatic carbocycles. The van der Waals surface area contributed by atoms with Crippen molar-refractivity contribution in [2.24, 2.45) is 11.8 Å². The molecule has 2 heterocycles. The van der Waals surface area contributed by atoms with Gasteiger partial charge >= 0.3 is 0 Å². The molecule has 2 aromatic carbocycles. The Kier molecular flexibility index (Phi) is 18.6. The molecule has 4 rings (SSSR count). The third-order valence-electron chi connectivity index (χ3n) is 10.2. The molecule has 0 bridgehead atoms. The standard InChI is InChI=1S/C42H50F4N8O10S/c1-5-24(4)36(52-38(57)31(15-23(2)3)51-39(58)32-19-47-13-14-48-32)42(61)54-21-26(64-22-25-9-7-6-8-10-25)16-33(54)40(59)50-30(18-34(45)46)37(56)41(60)49-20-35(55)53-65(62,63)27-11-12-28(43)29(44)17-27/h6-14,17,19,23-24,26,30-31,33-34,36H,5,15-16,18,20-22H2,1-4H3,(H,49,60)(H,50,59)(H,51,58)(H,52,57)(H,53,55). The molecule has 1 aliphatic rings. The molecule has 18 nitrogen and oxygen atoms in total. The number of Topliss-reactive ketones (excluding diaryl/α,β-unsaturated/α-hetero) is 1. The van der Waals surface area contributed by atoms with Crippen molar-refractivity contribution in [1.82, 2.24) is 40.9 Å². The van der Waals surface area contributed by atoms with Crippen LogP contribution in [0.25, 0.3) is 0 Å². The number of aromatic nitrogens is 2. The number of benzene rings is 2. The molecule has 0 spiro atoms. The second kappa shape index (κ2) is 23.5. The van der Waals surface area contributed by atoms with Crippen LogP contribution in [0, 0.1) is 23.5 Å². The second-order valence-corrected chi connectivity index (χ2v) is 17.3. The van der Waals surface area contributed by atoms with Gasteiger partial charge in [-0.1, -0.05) is 64.4 Å². The van der Waals surface area contributed by atoms with Crippen LogP contribution in [0.4, 0.5) is 17.6 Å². The van der Waals surface area contributed by atoms with Crippen LogP contribution in [-0.2, 0) is 50.1 Å². The summed E-state index contributed by atoms with van der Waals surface area (Å²) < 4.78 is 87.1. The summed E-state index contributed by atoms with van der Waals surface area (Å²) in [4.78, 5) is 102. The number of halogens is 4. The normalized spacial score (nSPS) is 16.8. The van der Waals surface area contributed by atoms with Crippen molar-refractivity contribution in [2.75, 3.05) is 13.1 Å². The Morgan fingerprint density at radius 2 is 1.60 bits per heavy atom. The molecule has 0 radical (unpaired) electrons. The molecule has 352 valence electrons. The fourth-order valence-corrected chi connectivity index (χ4v) is 7.63. The van der Waals surface area contributed by atoms with Crippen LogP contribution in [0.15, 0.2) is 72.0 Å². The lowest BCUT2D eigenvalue weighted by molar-refractivity contribution is -0.144. The van der Waals surface area contributed by atoms with E-state index < -0.39 is 123 Å². The van der Waals surface area contributed by atoms with Gasteiger partial charge in [0.2, 0.25) is 29.9 Å². The van der Waals surface area contributed by atoms with E-state index in [1.54, 1.807) is 49.5 Å². The van der Waals surface area contributed by atoms with Crippen LogP contribution in [0.1, 0.15) is 69.4 Å². The average molecular weight is 935 g/mol. The van der Waals surface area contributed by atoms with Crippen LogP contribution < -0.4 is 26.0 Å². The third-order valence-corrected chi connectivity index (χ3v) is 11.6. The average Bonchev–Trinajstić information content (AvgIpc) is 3.71. The van der Waals surface area contributed by atoms with Crippen molar-refractivity contribution >= 4 is 51.2 Å². The maximum absolute atomic E-state index is 14.6. The summed E-state index contributed by atoms with van der Waals surface area (Å²) in [6.07, 6.45) is -1.36. The summed E-state index contributed by atoms with van der Waals surface area (Å²) in [7, 11) is -4.79. The first kappa shape index (κ1) is 51.3. The van der Waals surface area contributed by atoms with Gasteiger partial charge in [-0.3, -0.25) is 38.5 Å². The first-order chi connectivity index (χ1) is 30.7. The molecule has 6 atom stereocenters. The molecular formula is C42H50F4N8O10S. The number of alkyl halides is 2. The Hall–Kier alpha value is -6.36. The monoisotopic (exact) mass is 934 g/mol. The van der Waals surface area contributed by atoms with Crippen LogP contribution >= 0.6 is 0 Å². The van der Waals surface area contributed by atoms with E-state index >= 15 is 0 Å². The summed E-state index contributed by atoms with van der Waals surface area (Å²) in [5.74, 6) is -11.7. The van der Waals surface area contributed by atoms with E-state index in [9.17, 15) is 59.5 Å². The van der Waals surface area contributed by atoms with E-state index in [1.165, 1.54) is 23.3 Å². The van der Waals surface area contributed by atoms with Crippen molar-refractivity contribution in [2.45, 2.75) is 102 Å². The summed E-state index contributed by atoms with van der Waals surface area (Å²) in [6, 6.07) is 4.11. The van der Waals surface area contributed by atoms with Gasteiger partial charge in [0.15, 0.2) is 11.6 Å². The number of nitrogens with zero attached hydrogens (tertiary/aromatic N) is 3. The van der Waals surface area contributed by atoms with Gasteiger partial charge in [-0.05, 0) is 42.0 Å². The SMILES string of the molecule is CCC(C)C(NC(=O)C(CC(C)C)NC(=O)c1cnccn1)C(=O)N1CC(OCc2ccccc2)CC1C(=O)NC(CC(F)F)C(=O)C(=O)NCC(=O)NS(=O)(=O)c1ccc(F)c(F)c1. The van der Waals surface area contributed by atoms with E-state index in [0.29, 0.717) is 18.6 Å². The predicted molar refractivity (Wildman–Crippen MR) is 222 cm³/mol. The quantitative estimate of drug-likeness (QED) is 0.0717. The number of carbonyl (C=O) groups excluding carboxylic acids is 7. The molecular weight excluding hydrogens is 885 g/mol. The number of sulfonamides is 1. The Bertz CT molecular complexity index is 2300. The lowest BCUT2D eigenvalue weighted by atomic mass is 9.96. The maximum atomic E-state index is 14.6. The van der Waals surface area contributed by atoms with Crippen molar-refractivity contribution in [3.8, 4) is 0 Å². The summed E-state index contributed by atoms with van der Waals surface area (Å²) in [6.45, 7) is 5.65. The zero-order valence-electron chi connectivity index (χ0n) is 35.8. The van der Waals surface area contributed by atoms with Gasteiger partial charge < -0.3 is 30.9 Å². The minimum Gasteiger partial charge on any atom is -0.372 e. The highest BCUT2D eigenvalue weighted by atomic mass is 32.2. The Morgan fingerprint density at radius 1 is 0.892 bits per heavy atom. The number of hydrogen-bond donors (Lipinski definition) is 5. The van der Waals surface area contributed by atoms with Crippen molar-refractivity contribution in [3.05, 3.63) is 90.0 Å². The smallest absolute Gasteiger partial charge is 0.290 e. The number of nitrogens with one attached hydrogen (secondary N) is 5. The minimum atomic E-state index is -4.79. The molecule has 0 saturated carbocycles. The number of rotatable bonds is 22. The van der Waals surface area contributed by atoms with Crippen molar-refractivity contribution in [1.29, 1.82) is 0 Å². The van der Waals surface area contributed by atoms with E-state index in [2.05, 4.69) is 25.9 Å². The largest absolute Gasteiger partial charge is 0.372 e. The minimum absolute atomic E-state index is 0.0398. The van der Waals surface area contributed by atoms with Crippen molar-refractivity contribution < 1.29 is 64.3 Å². The van der Waals surface area contributed by atoms with Gasteiger partial charge in [-0.2, -0.15) is 0 Å². The van der Waals surface area contributed by atoms with Gasteiger partial charge in [0.1, 0.15) is 29.9 Å². The molecule has 6 amide bonds. The van der Waals surface area contributed by atoms with Gasteiger partial charge in [0, 0.05) is 31.8 Å². The van der Waals surface area contributed by atoms with E-state index in [0.717, 1.165) is 10.5 Å². The highest BCUT2D eigenvalue weighted by Gasteiger charge is 2.45. The third kappa shape index (κ3) is 14.8. The summed E-state index contributed by atoms with van der Waals surface area (Å²) >= 11 is 0. The summed E-state index contributed by atoms with van der Waals surface area (Å²) in [5.41, 5.74) is 0.683. The van der Waals surface area contributed by atoms with E-state index in [4.69, 9.17) is 4.74 Å². The zero-order chi connectivity index (χ0) is 48.0. The van der Waals surface area contributed by atoms with Crippen LogP contribution in [0.2, 0.25) is 0 Å². The highest BCUT2D eigenvalue weighted by Crippen LogP contribution is 2.26. The zero-order valence-corrected chi connectivity index (χ0v) is 36.6. The lowest BCUT2D eigenvalue weighted by Gasteiger charge is -2.33. The Balaban J connectivity index is 1.54. The molecule has 23 heteroatoms. The first-order valence-corrected chi connectivity index (χ1v) is 21.9. The molecule has 3 aromatic rings. The molecule has 1 aliphatic heterocycles.